The van der Waals surface area contributed by atoms with Crippen LogP contribution in [0.1, 0.15) is 120 Å². The molecule has 0 aromatic carbocycles. The Kier molecular flexibility index (Phi) is 8.70. The number of carbonyl (C=O) groups is 8. The van der Waals surface area contributed by atoms with Gasteiger partial charge < -0.3 is 50.8 Å². The van der Waals surface area contributed by atoms with Crippen molar-refractivity contribution in [1.82, 2.24) is 19.9 Å². The maximum atomic E-state index is 13.1. The molecule has 8 unspecified atom stereocenters. The Morgan fingerprint density at radius 3 is 0.736 bits per heavy atom. The van der Waals surface area contributed by atoms with Crippen LogP contribution in [-0.4, -0.2) is 109 Å². The summed E-state index contributed by atoms with van der Waals surface area (Å²) in [6.07, 6.45) is 1.93. The molecule has 362 valence electrons. The van der Waals surface area contributed by atoms with Gasteiger partial charge in [-0.1, -0.05) is 0 Å². The predicted octanol–water partition coefficient (Wildman–Crippen LogP) is 6.03. The first-order valence-corrected chi connectivity index (χ1v) is 23.5. The Bertz CT molecular complexity index is 3500. The summed E-state index contributed by atoms with van der Waals surface area (Å²) in [6.45, 7) is 0. The summed E-state index contributed by atoms with van der Waals surface area (Å²) < 4.78 is 0. The van der Waals surface area contributed by atoms with Gasteiger partial charge in [-0.2, -0.15) is 0 Å². The molecule has 0 spiro atoms. The number of aromatic nitrogens is 4. The minimum absolute atomic E-state index is 0.191. The highest BCUT2D eigenvalue weighted by Gasteiger charge is 2.53. The normalized spacial score (nSPS) is 27.0. The highest BCUT2D eigenvalue weighted by atomic mass is 16.4. The number of hydrogen-bond acceptors (Lipinski definition) is 10. The average Bonchev–Trinajstić information content (AvgIpc) is 4.11. The third kappa shape index (κ3) is 5.40. The zero-order valence-electron chi connectivity index (χ0n) is 37.3. The van der Waals surface area contributed by atoms with Gasteiger partial charge in [-0.3, -0.25) is 0 Å². The van der Waals surface area contributed by atoms with E-state index < -0.39 is 95.1 Å². The molecule has 8 atom stereocenters. The summed E-state index contributed by atoms with van der Waals surface area (Å²) >= 11 is 0. The van der Waals surface area contributed by atoms with Gasteiger partial charge in [0.1, 0.15) is 0 Å². The highest BCUT2D eigenvalue weighted by molar-refractivity contribution is 6.14. The van der Waals surface area contributed by atoms with Crippen LogP contribution in [0, 0.1) is 23.7 Å². The smallest absolute Gasteiger partial charge is 0.332 e. The molecule has 2 aliphatic heterocycles. The van der Waals surface area contributed by atoms with E-state index in [0.717, 1.165) is 0 Å². The maximum Gasteiger partial charge on any atom is 0.332 e. The van der Waals surface area contributed by atoms with E-state index in [1.54, 1.807) is 24.3 Å². The molecule has 3 aromatic rings. The monoisotopic (exact) mass is 974 g/mol. The molecule has 0 saturated heterocycles. The Labute approximate surface area is 402 Å². The number of allylic oxidation sites excluding steroid dienone is 4. The van der Waals surface area contributed by atoms with Crippen LogP contribution in [-0.2, 0) is 38.4 Å². The number of aliphatic carboxylic acids is 8. The summed E-state index contributed by atoms with van der Waals surface area (Å²) in [5.74, 6) is -19.2. The van der Waals surface area contributed by atoms with Crippen molar-refractivity contribution in [3.05, 3.63) is 114 Å². The molecule has 10 N–H and O–H groups in total. The number of aromatic amines is 2. The van der Waals surface area contributed by atoms with Crippen LogP contribution in [0.25, 0.3) is 44.4 Å². The SMILES string of the molecule is O=C(O)C1=C(C(=O)O)C2CCC1C1=C2c2cc3[nH]c(cc4[nH]c(cc5nc(cc1n2)C1=C5C2CCC1C(C(=O)O)=C2C(=O)O)c1c4C2CCC1C(C(=O)O)=C2C(=O)O)c1c3C2CCC1C(C(=O)O)=C2C(=O)O. The van der Waals surface area contributed by atoms with Crippen LogP contribution in [0.15, 0.2) is 68.9 Å². The van der Waals surface area contributed by atoms with Gasteiger partial charge >= 0.3 is 47.8 Å². The van der Waals surface area contributed by atoms with Crippen molar-refractivity contribution in [2.75, 3.05) is 0 Å². The molecular formula is C52H38N4O16. The van der Waals surface area contributed by atoms with E-state index in [0.29, 0.717) is 66.6 Å². The first-order chi connectivity index (χ1) is 34.4. The Morgan fingerprint density at radius 1 is 0.306 bits per heavy atom. The Hall–Kier alpha value is -8.68. The lowest BCUT2D eigenvalue weighted by atomic mass is 9.62. The fraction of sp³-hybridized carbons (Fsp3) is 0.308. The number of rotatable bonds is 8. The van der Waals surface area contributed by atoms with Crippen molar-refractivity contribution in [1.29, 1.82) is 0 Å². The van der Waals surface area contributed by atoms with Crippen LogP contribution in [0.5, 0.6) is 0 Å². The first kappa shape index (κ1) is 43.3. The van der Waals surface area contributed by atoms with Crippen LogP contribution in [0.4, 0.5) is 0 Å². The fourth-order valence-electron chi connectivity index (χ4n) is 15.0. The van der Waals surface area contributed by atoms with Crippen molar-refractivity contribution in [3.8, 4) is 0 Å². The van der Waals surface area contributed by atoms with Crippen molar-refractivity contribution >= 4 is 92.1 Å². The number of carboxylic acid groups (broad SMARTS) is 8. The molecule has 0 fully saturated rings. The number of nitrogens with one attached hydrogen (secondary N) is 2. The van der Waals surface area contributed by atoms with Crippen molar-refractivity contribution < 1.29 is 79.2 Å². The number of nitrogens with zero attached hydrogens (tertiary/aromatic N) is 2. The van der Waals surface area contributed by atoms with Gasteiger partial charge in [0, 0.05) is 69.4 Å². The summed E-state index contributed by atoms with van der Waals surface area (Å²) in [5.41, 5.74) is 3.07. The van der Waals surface area contributed by atoms with E-state index >= 15 is 0 Å². The molecule has 20 heteroatoms. The standard InChI is InChI=1S/C52H38N4O16/c57-45(58)37-13-1-2-14(38(37)46(59)60)30-22-10-24-32-16-5-6-18(42(50(67)68)40(16)48(63)64)34(32)26(55-24)12-28-36-20-8-7-19(43(51(69)70)44(20)52(71)72)35(36)27(56-28)11-25-33-17-4-3-15(39(47(61)62)41(17)49(65)66)31(33)23(54-25)9-21(53-22)29(13)30/h9-20,53-54H,1-8H2,(H,57,58)(H,59,60)(H,61,62)(H,63,64)(H,65,66)(H,67,68)(H,69,70)(H,71,72). The van der Waals surface area contributed by atoms with Crippen LogP contribution in [0.2, 0.25) is 0 Å². The molecule has 0 radical (unpaired) electrons. The van der Waals surface area contributed by atoms with E-state index in [2.05, 4.69) is 9.97 Å². The van der Waals surface area contributed by atoms with Gasteiger partial charge in [-0.15, -0.1) is 0 Å². The maximum absolute atomic E-state index is 13.1. The van der Waals surface area contributed by atoms with E-state index in [4.69, 9.17) is 9.97 Å². The second kappa shape index (κ2) is 14.5. The summed E-state index contributed by atoms with van der Waals surface area (Å²) in [4.78, 5) is 122. The molecule has 0 saturated carbocycles. The van der Waals surface area contributed by atoms with Gasteiger partial charge in [0.2, 0.25) is 0 Å². The van der Waals surface area contributed by atoms with Gasteiger partial charge in [0.25, 0.3) is 0 Å². The van der Waals surface area contributed by atoms with Crippen LogP contribution < -0.4 is 0 Å². The topological polar surface area (TPSA) is 356 Å². The quantitative estimate of drug-likeness (QED) is 0.123. The van der Waals surface area contributed by atoms with E-state index in [-0.39, 0.29) is 119 Å². The van der Waals surface area contributed by atoms with Crippen LogP contribution >= 0.6 is 0 Å². The lowest BCUT2D eigenvalue weighted by molar-refractivity contribution is -0.137. The zero-order chi connectivity index (χ0) is 50.4. The first-order valence-electron chi connectivity index (χ1n) is 23.5. The van der Waals surface area contributed by atoms with Crippen molar-refractivity contribution in [2.24, 2.45) is 23.7 Å². The van der Waals surface area contributed by atoms with Gasteiger partial charge in [0.05, 0.1) is 67.4 Å². The molecule has 16 bridgehead atoms. The predicted molar refractivity (Wildman–Crippen MR) is 246 cm³/mol. The zero-order valence-corrected chi connectivity index (χ0v) is 37.3. The summed E-state index contributed by atoms with van der Waals surface area (Å²) in [5, 5.41) is 85.0. The second-order valence-corrected chi connectivity index (χ2v) is 20.0. The second-order valence-electron chi connectivity index (χ2n) is 20.0. The summed E-state index contributed by atoms with van der Waals surface area (Å²) in [7, 11) is 0. The van der Waals surface area contributed by atoms with Gasteiger partial charge in [0.15, 0.2) is 0 Å². The number of hydrogen-bond donors (Lipinski definition) is 10. The third-order valence-electron chi connectivity index (χ3n) is 17.1. The third-order valence-corrected chi connectivity index (χ3v) is 17.1. The van der Waals surface area contributed by atoms with Crippen molar-refractivity contribution in [3.63, 3.8) is 0 Å². The molecule has 72 heavy (non-hydrogen) atoms. The minimum atomic E-state index is -1.44. The van der Waals surface area contributed by atoms with Gasteiger partial charge in [-0.25, -0.2) is 48.3 Å². The Morgan fingerprint density at radius 2 is 0.500 bits per heavy atom. The lowest BCUT2D eigenvalue weighted by Crippen LogP contribution is -2.34. The summed E-state index contributed by atoms with van der Waals surface area (Å²) in [6, 6.07) is 6.50. The molecule has 17 rings (SSSR count). The molecule has 3 aromatic heterocycles. The minimum Gasteiger partial charge on any atom is -0.478 e. The lowest BCUT2D eigenvalue weighted by Gasteiger charge is -2.39. The van der Waals surface area contributed by atoms with E-state index in [9.17, 15) is 79.2 Å². The van der Waals surface area contributed by atoms with Crippen molar-refractivity contribution in [2.45, 2.75) is 75.0 Å². The van der Waals surface area contributed by atoms with E-state index in [1.807, 2.05) is 0 Å². The fourth-order valence-corrected chi connectivity index (χ4v) is 15.0. The number of H-pyrrole nitrogens is 2. The molecule has 14 aliphatic rings. The Balaban J connectivity index is 1.20. The molecule has 5 heterocycles. The van der Waals surface area contributed by atoms with Gasteiger partial charge in [-0.05, 0) is 120 Å². The van der Waals surface area contributed by atoms with E-state index in [1.165, 1.54) is 0 Å². The molecular weight excluding hydrogens is 937 g/mol. The highest BCUT2D eigenvalue weighted by Crippen LogP contribution is 2.62. The molecule has 20 nitrogen and oxygen atoms in total. The number of fused-ring (bicyclic) bond motifs is 12. The molecule has 0 amide bonds. The average molecular weight is 975 g/mol. The number of carboxylic acids is 8. The molecule has 12 aliphatic carbocycles. The largest absolute Gasteiger partial charge is 0.478 e. The van der Waals surface area contributed by atoms with Crippen LogP contribution in [0.3, 0.4) is 0 Å².